The van der Waals surface area contributed by atoms with Crippen LogP contribution in [0.5, 0.6) is 0 Å². The molecule has 3 aromatic rings. The lowest BCUT2D eigenvalue weighted by molar-refractivity contribution is 0.626. The minimum Gasteiger partial charge on any atom is -0.378 e. The van der Waals surface area contributed by atoms with Crippen molar-refractivity contribution in [1.29, 1.82) is 0 Å². The summed E-state index contributed by atoms with van der Waals surface area (Å²) in [5, 5.41) is 6.97. The number of thiophene rings is 1. The number of aryl methyl sites for hydroxylation is 1. The molecule has 4 rings (SSSR count). The highest BCUT2D eigenvalue weighted by molar-refractivity contribution is 7.17. The van der Waals surface area contributed by atoms with Gasteiger partial charge in [0, 0.05) is 10.4 Å². The first-order valence-corrected chi connectivity index (χ1v) is 7.70. The molecule has 2 aromatic carbocycles. The summed E-state index contributed by atoms with van der Waals surface area (Å²) >= 11 is 1.76. The molecule has 100 valence electrons. The number of nitrogens with one attached hydrogen (secondary N) is 1. The summed E-state index contributed by atoms with van der Waals surface area (Å²) in [6.07, 6.45) is 1.98. The monoisotopic (exact) mass is 283 g/mol. The number of rotatable bonds is 2. The fourth-order valence-corrected chi connectivity index (χ4v) is 3.76. The smallest absolute Gasteiger partial charge is 0.123 e. The van der Waals surface area contributed by atoms with Gasteiger partial charge in [0.25, 0.3) is 0 Å². The zero-order chi connectivity index (χ0) is 13.5. The van der Waals surface area contributed by atoms with Crippen molar-refractivity contribution < 1.29 is 4.39 Å². The molecule has 1 aliphatic rings. The van der Waals surface area contributed by atoms with Gasteiger partial charge in [0.1, 0.15) is 5.82 Å². The molecule has 0 spiro atoms. The van der Waals surface area contributed by atoms with E-state index in [-0.39, 0.29) is 5.82 Å². The van der Waals surface area contributed by atoms with Gasteiger partial charge in [0.05, 0.1) is 6.04 Å². The summed E-state index contributed by atoms with van der Waals surface area (Å²) in [5.41, 5.74) is 3.51. The predicted octanol–water partition coefficient (Wildman–Crippen LogP) is 5.14. The van der Waals surface area contributed by atoms with Crippen molar-refractivity contribution in [2.24, 2.45) is 0 Å². The van der Waals surface area contributed by atoms with E-state index in [2.05, 4.69) is 35.0 Å². The van der Waals surface area contributed by atoms with E-state index in [1.807, 2.05) is 6.07 Å². The Balaban J connectivity index is 1.64. The number of halogens is 1. The van der Waals surface area contributed by atoms with Gasteiger partial charge in [-0.25, -0.2) is 4.39 Å². The molecule has 1 unspecified atom stereocenters. The van der Waals surface area contributed by atoms with Crippen molar-refractivity contribution in [3.05, 3.63) is 64.8 Å². The SMILES string of the molecule is Fc1ccc2c(c1)CCC2Nc1ccc2sccc2c1. The van der Waals surface area contributed by atoms with Gasteiger partial charge in [-0.1, -0.05) is 6.07 Å². The van der Waals surface area contributed by atoms with Gasteiger partial charge in [-0.05, 0) is 71.1 Å². The molecule has 3 heteroatoms. The first-order valence-electron chi connectivity index (χ1n) is 6.82. The number of anilines is 1. The molecule has 0 amide bonds. The molecule has 0 radical (unpaired) electrons. The van der Waals surface area contributed by atoms with E-state index < -0.39 is 0 Å². The maximum absolute atomic E-state index is 13.2. The van der Waals surface area contributed by atoms with Crippen LogP contribution < -0.4 is 5.32 Å². The minimum atomic E-state index is -0.135. The van der Waals surface area contributed by atoms with E-state index in [9.17, 15) is 4.39 Å². The van der Waals surface area contributed by atoms with Crippen LogP contribution in [0.4, 0.5) is 10.1 Å². The highest BCUT2D eigenvalue weighted by Crippen LogP contribution is 2.35. The van der Waals surface area contributed by atoms with E-state index in [4.69, 9.17) is 0 Å². The Morgan fingerprint density at radius 2 is 2.05 bits per heavy atom. The van der Waals surface area contributed by atoms with Crippen molar-refractivity contribution in [3.63, 3.8) is 0 Å². The molecule has 0 fully saturated rings. The average Bonchev–Trinajstić information content (AvgIpc) is 3.05. The highest BCUT2D eigenvalue weighted by atomic mass is 32.1. The quantitative estimate of drug-likeness (QED) is 0.686. The van der Waals surface area contributed by atoms with Crippen LogP contribution in [0.1, 0.15) is 23.6 Å². The Bertz CT molecular complexity index is 778. The predicted molar refractivity (Wildman–Crippen MR) is 82.9 cm³/mol. The number of hydrogen-bond donors (Lipinski definition) is 1. The van der Waals surface area contributed by atoms with Crippen LogP contribution in [0.25, 0.3) is 10.1 Å². The zero-order valence-electron chi connectivity index (χ0n) is 10.9. The molecule has 1 N–H and O–H groups in total. The molecule has 20 heavy (non-hydrogen) atoms. The van der Waals surface area contributed by atoms with E-state index in [0.717, 1.165) is 24.1 Å². The molecule has 1 aliphatic carbocycles. The van der Waals surface area contributed by atoms with Crippen LogP contribution in [0.3, 0.4) is 0 Å². The lowest BCUT2D eigenvalue weighted by Crippen LogP contribution is -2.06. The number of benzene rings is 2. The Morgan fingerprint density at radius 3 is 3.00 bits per heavy atom. The summed E-state index contributed by atoms with van der Waals surface area (Å²) in [7, 11) is 0. The first-order chi connectivity index (χ1) is 9.79. The third-order valence-corrected chi connectivity index (χ3v) is 4.87. The van der Waals surface area contributed by atoms with Crippen molar-refractivity contribution in [1.82, 2.24) is 0 Å². The minimum absolute atomic E-state index is 0.135. The average molecular weight is 283 g/mol. The van der Waals surface area contributed by atoms with Gasteiger partial charge in [-0.2, -0.15) is 0 Å². The normalized spacial score (nSPS) is 17.4. The summed E-state index contributed by atoms with van der Waals surface area (Å²) in [4.78, 5) is 0. The van der Waals surface area contributed by atoms with Gasteiger partial charge in [-0.3, -0.25) is 0 Å². The van der Waals surface area contributed by atoms with Crippen molar-refractivity contribution in [2.75, 3.05) is 5.32 Å². The second-order valence-corrected chi connectivity index (χ2v) is 6.20. The molecule has 1 atom stereocenters. The fourth-order valence-electron chi connectivity index (χ4n) is 2.99. The van der Waals surface area contributed by atoms with Crippen molar-refractivity contribution in [2.45, 2.75) is 18.9 Å². The van der Waals surface area contributed by atoms with Crippen LogP contribution in [-0.4, -0.2) is 0 Å². The lowest BCUT2D eigenvalue weighted by Gasteiger charge is -2.15. The molecule has 1 heterocycles. The molecule has 0 bridgehead atoms. The molecular formula is C17H14FNS. The highest BCUT2D eigenvalue weighted by Gasteiger charge is 2.22. The fraction of sp³-hybridized carbons (Fsp3) is 0.176. The van der Waals surface area contributed by atoms with Crippen LogP contribution in [-0.2, 0) is 6.42 Å². The van der Waals surface area contributed by atoms with E-state index in [1.54, 1.807) is 23.5 Å². The maximum Gasteiger partial charge on any atom is 0.123 e. The van der Waals surface area contributed by atoms with Gasteiger partial charge in [0.2, 0.25) is 0 Å². The second kappa shape index (κ2) is 4.60. The Hall–Kier alpha value is -1.87. The Morgan fingerprint density at radius 1 is 1.10 bits per heavy atom. The third kappa shape index (κ3) is 1.98. The standard InChI is InChI=1S/C17H14FNS/c18-13-2-4-15-11(9-13)1-5-16(15)19-14-3-6-17-12(10-14)7-8-20-17/h2-4,6-10,16,19H,1,5H2. The molecule has 0 aliphatic heterocycles. The molecule has 1 aromatic heterocycles. The first kappa shape index (κ1) is 11.9. The van der Waals surface area contributed by atoms with Gasteiger partial charge < -0.3 is 5.32 Å². The van der Waals surface area contributed by atoms with E-state index in [0.29, 0.717) is 6.04 Å². The van der Waals surface area contributed by atoms with Gasteiger partial charge >= 0.3 is 0 Å². The Labute approximate surface area is 121 Å². The Kier molecular flexibility index (Phi) is 2.74. The molecule has 0 saturated heterocycles. The van der Waals surface area contributed by atoms with Crippen molar-refractivity contribution in [3.8, 4) is 0 Å². The topological polar surface area (TPSA) is 12.0 Å². The van der Waals surface area contributed by atoms with Crippen LogP contribution >= 0.6 is 11.3 Å². The second-order valence-electron chi connectivity index (χ2n) is 5.25. The van der Waals surface area contributed by atoms with Crippen LogP contribution in [0.15, 0.2) is 47.8 Å². The van der Waals surface area contributed by atoms with Gasteiger partial charge in [-0.15, -0.1) is 11.3 Å². The molecular weight excluding hydrogens is 269 g/mol. The summed E-state index contributed by atoms with van der Waals surface area (Å²) in [5.74, 6) is -0.135. The summed E-state index contributed by atoms with van der Waals surface area (Å²) in [6.45, 7) is 0. The summed E-state index contributed by atoms with van der Waals surface area (Å²) in [6, 6.07) is 14.0. The molecule has 1 nitrogen and oxygen atoms in total. The van der Waals surface area contributed by atoms with E-state index >= 15 is 0 Å². The zero-order valence-corrected chi connectivity index (χ0v) is 11.7. The van der Waals surface area contributed by atoms with E-state index in [1.165, 1.54) is 15.6 Å². The largest absolute Gasteiger partial charge is 0.378 e. The summed E-state index contributed by atoms with van der Waals surface area (Å²) < 4.78 is 14.5. The number of hydrogen-bond acceptors (Lipinski definition) is 2. The number of fused-ring (bicyclic) bond motifs is 2. The van der Waals surface area contributed by atoms with Gasteiger partial charge in [0.15, 0.2) is 0 Å². The van der Waals surface area contributed by atoms with Crippen LogP contribution in [0, 0.1) is 5.82 Å². The molecule has 0 saturated carbocycles. The maximum atomic E-state index is 13.2. The van der Waals surface area contributed by atoms with Crippen molar-refractivity contribution >= 4 is 27.1 Å². The third-order valence-electron chi connectivity index (χ3n) is 3.98. The lowest BCUT2D eigenvalue weighted by atomic mass is 10.1. The van der Waals surface area contributed by atoms with Crippen LogP contribution in [0.2, 0.25) is 0 Å².